The molecule has 0 unspecified atom stereocenters. The first kappa shape index (κ1) is 7.76. The van der Waals surface area contributed by atoms with Crippen LogP contribution in [0, 0.1) is 0 Å². The van der Waals surface area contributed by atoms with E-state index in [0.29, 0.717) is 5.15 Å². The zero-order valence-electron chi connectivity index (χ0n) is 7.16. The predicted octanol–water partition coefficient (Wildman–Crippen LogP) is 2.76. The molecule has 4 heteroatoms. The van der Waals surface area contributed by atoms with E-state index in [1.54, 1.807) is 6.07 Å². The van der Waals surface area contributed by atoms with Crippen molar-refractivity contribution < 1.29 is 0 Å². The number of nitrogens with one attached hydrogen (secondary N) is 1. The van der Waals surface area contributed by atoms with Crippen LogP contribution in [0.2, 0.25) is 5.15 Å². The van der Waals surface area contributed by atoms with Gasteiger partial charge in [-0.3, -0.25) is 0 Å². The van der Waals surface area contributed by atoms with Crippen molar-refractivity contribution in [3.8, 4) is 0 Å². The summed E-state index contributed by atoms with van der Waals surface area (Å²) in [4.78, 5) is 3.23. The average Bonchev–Trinajstić information content (AvgIpc) is 2.54. The van der Waals surface area contributed by atoms with Crippen LogP contribution in [0.5, 0.6) is 0 Å². The molecule has 0 spiro atoms. The number of aromatic amines is 1. The topological polar surface area (TPSA) is 41.6 Å². The van der Waals surface area contributed by atoms with Crippen LogP contribution in [0.4, 0.5) is 0 Å². The second-order valence-electron chi connectivity index (χ2n) is 3.10. The minimum atomic E-state index is 0.407. The van der Waals surface area contributed by atoms with Gasteiger partial charge in [0.2, 0.25) is 0 Å². The van der Waals surface area contributed by atoms with E-state index >= 15 is 0 Å². The van der Waals surface area contributed by atoms with E-state index in [2.05, 4.69) is 15.2 Å². The second-order valence-corrected chi connectivity index (χ2v) is 3.49. The van der Waals surface area contributed by atoms with Gasteiger partial charge in [0, 0.05) is 17.0 Å². The third kappa shape index (κ3) is 0.992. The molecule has 0 aliphatic rings. The Balaban J connectivity index is 2.57. The molecule has 0 bridgehead atoms. The molecule has 0 fully saturated rings. The maximum atomic E-state index is 5.75. The lowest BCUT2D eigenvalue weighted by atomic mass is 10.2. The summed E-state index contributed by atoms with van der Waals surface area (Å²) in [5.74, 6) is 0. The van der Waals surface area contributed by atoms with Crippen LogP contribution in [0.25, 0.3) is 21.9 Å². The fourth-order valence-electron chi connectivity index (χ4n) is 1.61. The lowest BCUT2D eigenvalue weighted by Crippen LogP contribution is -1.81. The molecule has 14 heavy (non-hydrogen) atoms. The third-order valence-electron chi connectivity index (χ3n) is 2.22. The molecule has 3 nitrogen and oxygen atoms in total. The van der Waals surface area contributed by atoms with Crippen molar-refractivity contribution in [2.75, 3.05) is 0 Å². The predicted molar refractivity (Wildman–Crippen MR) is 56.4 cm³/mol. The van der Waals surface area contributed by atoms with Crippen LogP contribution in [0.15, 0.2) is 30.3 Å². The zero-order valence-corrected chi connectivity index (χ0v) is 7.92. The minimum Gasteiger partial charge on any atom is -0.353 e. The maximum absolute atomic E-state index is 5.75. The molecule has 0 aliphatic heterocycles. The summed E-state index contributed by atoms with van der Waals surface area (Å²) < 4.78 is 0. The summed E-state index contributed by atoms with van der Waals surface area (Å²) in [6.45, 7) is 0. The van der Waals surface area contributed by atoms with Crippen molar-refractivity contribution in [1.29, 1.82) is 0 Å². The van der Waals surface area contributed by atoms with Crippen molar-refractivity contribution in [2.24, 2.45) is 0 Å². The number of H-pyrrole nitrogens is 1. The second kappa shape index (κ2) is 2.69. The van der Waals surface area contributed by atoms with Gasteiger partial charge in [0.15, 0.2) is 5.15 Å². The van der Waals surface area contributed by atoms with E-state index in [-0.39, 0.29) is 0 Å². The molecule has 0 saturated carbocycles. The number of fused-ring (bicyclic) bond motifs is 3. The van der Waals surface area contributed by atoms with E-state index in [1.165, 1.54) is 0 Å². The molecule has 0 atom stereocenters. The van der Waals surface area contributed by atoms with Gasteiger partial charge < -0.3 is 4.98 Å². The molecule has 3 rings (SSSR count). The van der Waals surface area contributed by atoms with Crippen LogP contribution >= 0.6 is 11.6 Å². The van der Waals surface area contributed by atoms with Crippen molar-refractivity contribution >= 4 is 33.5 Å². The summed E-state index contributed by atoms with van der Waals surface area (Å²) >= 11 is 5.75. The van der Waals surface area contributed by atoms with Gasteiger partial charge in [-0.25, -0.2) is 0 Å². The number of nitrogens with zero attached hydrogens (tertiary/aromatic N) is 2. The van der Waals surface area contributed by atoms with Gasteiger partial charge in [-0.2, -0.15) is 0 Å². The molecule has 3 aromatic rings. The van der Waals surface area contributed by atoms with Crippen LogP contribution in [-0.4, -0.2) is 15.2 Å². The highest BCUT2D eigenvalue weighted by molar-refractivity contribution is 6.30. The molecular weight excluding hydrogens is 198 g/mol. The van der Waals surface area contributed by atoms with Gasteiger partial charge >= 0.3 is 0 Å². The number of halogens is 1. The molecular formula is C10H6ClN3. The number of para-hydroxylation sites is 1. The Bertz CT molecular complexity index is 615. The minimum absolute atomic E-state index is 0.407. The van der Waals surface area contributed by atoms with E-state index < -0.39 is 0 Å². The first-order chi connectivity index (χ1) is 6.84. The standard InChI is InChI=1S/C10H6ClN3/c11-9-5-8-10(14-13-9)6-3-1-2-4-7(6)12-8/h1-5,12H. The summed E-state index contributed by atoms with van der Waals surface area (Å²) in [6.07, 6.45) is 0. The highest BCUT2D eigenvalue weighted by Gasteiger charge is 2.05. The monoisotopic (exact) mass is 203 g/mol. The fourth-order valence-corrected chi connectivity index (χ4v) is 1.75. The van der Waals surface area contributed by atoms with Gasteiger partial charge in [0.1, 0.15) is 5.52 Å². The summed E-state index contributed by atoms with van der Waals surface area (Å²) in [7, 11) is 0. The van der Waals surface area contributed by atoms with Gasteiger partial charge in [-0.05, 0) is 6.07 Å². The number of rotatable bonds is 0. The fraction of sp³-hybridized carbons (Fsp3) is 0. The highest BCUT2D eigenvalue weighted by Crippen LogP contribution is 2.23. The molecule has 2 heterocycles. The average molecular weight is 204 g/mol. The number of aromatic nitrogens is 3. The van der Waals surface area contributed by atoms with Crippen molar-refractivity contribution in [3.63, 3.8) is 0 Å². The van der Waals surface area contributed by atoms with E-state index in [0.717, 1.165) is 21.9 Å². The van der Waals surface area contributed by atoms with Crippen molar-refractivity contribution in [2.45, 2.75) is 0 Å². The van der Waals surface area contributed by atoms with Crippen LogP contribution in [-0.2, 0) is 0 Å². The van der Waals surface area contributed by atoms with Gasteiger partial charge in [0.05, 0.1) is 5.52 Å². The summed E-state index contributed by atoms with van der Waals surface area (Å²) in [6, 6.07) is 9.75. The number of hydrogen-bond donors (Lipinski definition) is 1. The zero-order chi connectivity index (χ0) is 9.54. The lowest BCUT2D eigenvalue weighted by Gasteiger charge is -1.88. The molecule has 1 aromatic carbocycles. The van der Waals surface area contributed by atoms with Gasteiger partial charge in [0.25, 0.3) is 0 Å². The molecule has 2 aromatic heterocycles. The van der Waals surface area contributed by atoms with Gasteiger partial charge in [-0.1, -0.05) is 29.8 Å². The Hall–Kier alpha value is -1.61. The normalized spacial score (nSPS) is 11.2. The SMILES string of the molecule is Clc1cc2[nH]c3ccccc3c2nn1. The molecule has 1 N–H and O–H groups in total. The van der Waals surface area contributed by atoms with Crippen LogP contribution in [0.1, 0.15) is 0 Å². The van der Waals surface area contributed by atoms with Crippen molar-refractivity contribution in [3.05, 3.63) is 35.5 Å². The first-order valence-corrected chi connectivity index (χ1v) is 4.62. The Morgan fingerprint density at radius 1 is 1.07 bits per heavy atom. The molecule has 0 radical (unpaired) electrons. The molecule has 0 amide bonds. The lowest BCUT2D eigenvalue weighted by molar-refractivity contribution is 1.08. The van der Waals surface area contributed by atoms with E-state index in [1.807, 2.05) is 24.3 Å². The Labute approximate surface area is 84.7 Å². The Kier molecular flexibility index (Phi) is 1.49. The molecule has 0 aliphatic carbocycles. The van der Waals surface area contributed by atoms with E-state index in [4.69, 9.17) is 11.6 Å². The maximum Gasteiger partial charge on any atom is 0.153 e. The van der Waals surface area contributed by atoms with Crippen LogP contribution < -0.4 is 0 Å². The smallest absolute Gasteiger partial charge is 0.153 e. The summed E-state index contributed by atoms with van der Waals surface area (Å²) in [5, 5.41) is 9.36. The third-order valence-corrected chi connectivity index (χ3v) is 2.40. The number of hydrogen-bond acceptors (Lipinski definition) is 2. The first-order valence-electron chi connectivity index (χ1n) is 4.24. The van der Waals surface area contributed by atoms with Crippen molar-refractivity contribution in [1.82, 2.24) is 15.2 Å². The highest BCUT2D eigenvalue weighted by atomic mass is 35.5. The quantitative estimate of drug-likeness (QED) is 0.611. The van der Waals surface area contributed by atoms with Crippen LogP contribution in [0.3, 0.4) is 0 Å². The van der Waals surface area contributed by atoms with Gasteiger partial charge in [-0.15, -0.1) is 10.2 Å². The number of benzene rings is 1. The molecule has 0 saturated heterocycles. The summed E-state index contributed by atoms with van der Waals surface area (Å²) in [5.41, 5.74) is 2.84. The largest absolute Gasteiger partial charge is 0.353 e. The van der Waals surface area contributed by atoms with E-state index in [9.17, 15) is 0 Å². The Morgan fingerprint density at radius 2 is 1.93 bits per heavy atom. The molecule has 68 valence electrons. The Morgan fingerprint density at radius 3 is 2.86 bits per heavy atom.